The summed E-state index contributed by atoms with van der Waals surface area (Å²) in [6, 6.07) is 8.61. The molecule has 0 aliphatic rings. The van der Waals surface area contributed by atoms with E-state index in [1.165, 1.54) is 18.2 Å². The maximum atomic E-state index is 13.6. The Bertz CT molecular complexity index is 1140. The largest absolute Gasteiger partial charge is 0.317 e. The summed E-state index contributed by atoms with van der Waals surface area (Å²) in [5.74, 6) is -2.48. The number of carbonyl (C=O) groups excluding carboxylic acids is 1. The van der Waals surface area contributed by atoms with Crippen molar-refractivity contribution < 1.29 is 22.0 Å². The number of halogens is 3. The highest BCUT2D eigenvalue weighted by Crippen LogP contribution is 2.21. The molecule has 0 atom stereocenters. The van der Waals surface area contributed by atoms with Crippen LogP contribution in [0.2, 0.25) is 5.02 Å². The molecule has 0 radical (unpaired) electrons. The standard InChI is InChI=1S/C16H11ClF2N4O3S2/c17-10-3-1-2-4-13(10)28(25,26)20-8-14-22-23-16(27-14)15(24)21-12-6-5-9(18)7-11(12)19/h1-7,20H,8H2,(H,21,24). The van der Waals surface area contributed by atoms with Crippen molar-refractivity contribution in [3.63, 3.8) is 0 Å². The van der Waals surface area contributed by atoms with Crippen molar-refractivity contribution in [2.24, 2.45) is 0 Å². The van der Waals surface area contributed by atoms with Gasteiger partial charge in [-0.1, -0.05) is 35.1 Å². The first-order chi connectivity index (χ1) is 13.3. The summed E-state index contributed by atoms with van der Waals surface area (Å²) in [6.45, 7) is -0.219. The SMILES string of the molecule is O=C(Nc1ccc(F)cc1F)c1nnc(CNS(=O)(=O)c2ccccc2Cl)s1. The highest BCUT2D eigenvalue weighted by molar-refractivity contribution is 7.89. The lowest BCUT2D eigenvalue weighted by Crippen LogP contribution is -2.23. The number of amides is 1. The van der Waals surface area contributed by atoms with Gasteiger partial charge in [0, 0.05) is 6.07 Å². The van der Waals surface area contributed by atoms with Crippen molar-refractivity contribution >= 4 is 44.6 Å². The third kappa shape index (κ3) is 4.68. The molecular weight excluding hydrogens is 434 g/mol. The van der Waals surface area contributed by atoms with Crippen LogP contribution in [0.3, 0.4) is 0 Å². The molecule has 7 nitrogen and oxygen atoms in total. The van der Waals surface area contributed by atoms with Crippen molar-refractivity contribution in [2.75, 3.05) is 5.32 Å². The first kappa shape index (κ1) is 20.3. The average molecular weight is 445 g/mol. The molecule has 2 aromatic carbocycles. The molecule has 3 rings (SSSR count). The highest BCUT2D eigenvalue weighted by atomic mass is 35.5. The Morgan fingerprint density at radius 2 is 1.89 bits per heavy atom. The van der Waals surface area contributed by atoms with E-state index in [-0.39, 0.29) is 32.2 Å². The quantitative estimate of drug-likeness (QED) is 0.608. The number of nitrogens with one attached hydrogen (secondary N) is 2. The van der Waals surface area contributed by atoms with E-state index in [9.17, 15) is 22.0 Å². The first-order valence-electron chi connectivity index (χ1n) is 7.59. The van der Waals surface area contributed by atoms with E-state index in [1.54, 1.807) is 6.07 Å². The highest BCUT2D eigenvalue weighted by Gasteiger charge is 2.19. The fourth-order valence-corrected chi connectivity index (χ4v) is 4.35. The average Bonchev–Trinajstić information content (AvgIpc) is 3.12. The fraction of sp³-hybridized carbons (Fsp3) is 0.0625. The van der Waals surface area contributed by atoms with Crippen LogP contribution in [0, 0.1) is 11.6 Å². The molecule has 0 saturated heterocycles. The lowest BCUT2D eigenvalue weighted by molar-refractivity contribution is 0.102. The molecule has 1 aromatic heterocycles. The van der Waals surface area contributed by atoms with Crippen LogP contribution in [0.25, 0.3) is 0 Å². The van der Waals surface area contributed by atoms with Gasteiger partial charge in [-0.15, -0.1) is 10.2 Å². The molecule has 0 aliphatic carbocycles. The van der Waals surface area contributed by atoms with Gasteiger partial charge in [0.05, 0.1) is 17.3 Å². The van der Waals surface area contributed by atoms with Crippen molar-refractivity contribution in [1.29, 1.82) is 0 Å². The summed E-state index contributed by atoms with van der Waals surface area (Å²) >= 11 is 6.70. The van der Waals surface area contributed by atoms with Crippen LogP contribution in [0.1, 0.15) is 14.8 Å². The number of rotatable bonds is 6. The van der Waals surface area contributed by atoms with Crippen LogP contribution < -0.4 is 10.0 Å². The van der Waals surface area contributed by atoms with Crippen molar-refractivity contribution in [3.05, 3.63) is 69.1 Å². The molecular formula is C16H11ClF2N4O3S2. The Labute approximate surface area is 167 Å². The molecule has 0 unspecified atom stereocenters. The van der Waals surface area contributed by atoms with Crippen molar-refractivity contribution in [1.82, 2.24) is 14.9 Å². The fourth-order valence-electron chi connectivity index (χ4n) is 2.08. The number of nitrogens with zero attached hydrogens (tertiary/aromatic N) is 2. The van der Waals surface area contributed by atoms with Gasteiger partial charge in [-0.25, -0.2) is 21.9 Å². The van der Waals surface area contributed by atoms with Gasteiger partial charge in [-0.3, -0.25) is 4.79 Å². The number of sulfonamides is 1. The van der Waals surface area contributed by atoms with Crippen LogP contribution in [-0.2, 0) is 16.6 Å². The topological polar surface area (TPSA) is 101 Å². The summed E-state index contributed by atoms with van der Waals surface area (Å²) < 4.78 is 53.4. The summed E-state index contributed by atoms with van der Waals surface area (Å²) in [5.41, 5.74) is -0.220. The summed E-state index contributed by atoms with van der Waals surface area (Å²) in [7, 11) is -3.89. The number of aromatic nitrogens is 2. The van der Waals surface area contributed by atoms with Crippen LogP contribution in [-0.4, -0.2) is 24.5 Å². The summed E-state index contributed by atoms with van der Waals surface area (Å²) in [4.78, 5) is 12.0. The molecule has 28 heavy (non-hydrogen) atoms. The van der Waals surface area contributed by atoms with Gasteiger partial charge >= 0.3 is 0 Å². The van der Waals surface area contributed by atoms with Gasteiger partial charge in [0.1, 0.15) is 21.5 Å². The van der Waals surface area contributed by atoms with Crippen molar-refractivity contribution in [2.45, 2.75) is 11.4 Å². The zero-order chi connectivity index (χ0) is 20.3. The lowest BCUT2D eigenvalue weighted by Gasteiger charge is -2.06. The second kappa shape index (κ2) is 8.27. The van der Waals surface area contributed by atoms with Crippen LogP contribution in [0.5, 0.6) is 0 Å². The second-order valence-electron chi connectivity index (χ2n) is 5.33. The monoisotopic (exact) mass is 444 g/mol. The maximum absolute atomic E-state index is 13.6. The van der Waals surface area contributed by atoms with Gasteiger partial charge in [-0.05, 0) is 24.3 Å². The molecule has 0 saturated carbocycles. The normalized spacial score (nSPS) is 11.4. The third-order valence-corrected chi connectivity index (χ3v) is 6.20. The van der Waals surface area contributed by atoms with E-state index in [0.717, 1.165) is 23.5 Å². The van der Waals surface area contributed by atoms with E-state index >= 15 is 0 Å². The molecule has 12 heteroatoms. The van der Waals surface area contributed by atoms with Gasteiger partial charge < -0.3 is 5.32 Å². The minimum atomic E-state index is -3.89. The molecule has 1 amide bonds. The molecule has 0 bridgehead atoms. The number of hydrogen-bond acceptors (Lipinski definition) is 6. The van der Waals surface area contributed by atoms with Crippen molar-refractivity contribution in [3.8, 4) is 0 Å². The van der Waals surface area contributed by atoms with E-state index in [2.05, 4.69) is 20.2 Å². The van der Waals surface area contributed by atoms with Gasteiger partial charge in [0.2, 0.25) is 15.0 Å². The van der Waals surface area contributed by atoms with Gasteiger partial charge in [0.15, 0.2) is 0 Å². The number of carbonyl (C=O) groups is 1. The number of hydrogen-bond donors (Lipinski definition) is 2. The van der Waals surface area contributed by atoms with E-state index < -0.39 is 27.6 Å². The zero-order valence-corrected chi connectivity index (χ0v) is 16.2. The Morgan fingerprint density at radius 3 is 2.61 bits per heavy atom. The predicted octanol–water partition coefficient (Wildman–Crippen LogP) is 3.20. The van der Waals surface area contributed by atoms with Gasteiger partial charge in [0.25, 0.3) is 5.91 Å². The number of anilines is 1. The Morgan fingerprint density at radius 1 is 1.14 bits per heavy atom. The Kier molecular flexibility index (Phi) is 5.98. The van der Waals surface area contributed by atoms with Crippen LogP contribution in [0.15, 0.2) is 47.4 Å². The molecule has 1 heterocycles. The maximum Gasteiger partial charge on any atom is 0.286 e. The molecule has 2 N–H and O–H groups in total. The lowest BCUT2D eigenvalue weighted by atomic mass is 10.3. The van der Waals surface area contributed by atoms with E-state index in [1.807, 2.05) is 0 Å². The predicted molar refractivity (Wildman–Crippen MR) is 99.7 cm³/mol. The van der Waals surface area contributed by atoms with Gasteiger partial charge in [-0.2, -0.15) is 0 Å². The smallest absolute Gasteiger partial charge is 0.286 e. The first-order valence-corrected chi connectivity index (χ1v) is 10.3. The minimum absolute atomic E-state index is 0.0636. The summed E-state index contributed by atoms with van der Waals surface area (Å²) in [6.07, 6.45) is 0. The second-order valence-corrected chi connectivity index (χ2v) is 8.54. The van der Waals surface area contributed by atoms with Crippen LogP contribution in [0.4, 0.5) is 14.5 Å². The van der Waals surface area contributed by atoms with Crippen LogP contribution >= 0.6 is 22.9 Å². The molecule has 3 aromatic rings. The molecule has 0 aliphatic heterocycles. The Hall–Kier alpha value is -2.47. The Balaban J connectivity index is 1.67. The van der Waals surface area contributed by atoms with E-state index in [4.69, 9.17) is 11.6 Å². The number of benzene rings is 2. The molecule has 146 valence electrons. The molecule has 0 spiro atoms. The molecule has 0 fully saturated rings. The third-order valence-electron chi connectivity index (χ3n) is 3.38. The minimum Gasteiger partial charge on any atom is -0.317 e. The van der Waals surface area contributed by atoms with E-state index in [0.29, 0.717) is 6.07 Å². The zero-order valence-electron chi connectivity index (χ0n) is 13.8. The summed E-state index contributed by atoms with van der Waals surface area (Å²) in [5, 5.41) is 9.78.